The maximum atomic E-state index is 10.3. The van der Waals surface area contributed by atoms with Crippen molar-refractivity contribution < 1.29 is 14.9 Å². The van der Waals surface area contributed by atoms with Crippen LogP contribution in [0.4, 0.5) is 0 Å². The maximum Gasteiger partial charge on any atom is 0.105 e. The fourth-order valence-electron chi connectivity index (χ4n) is 3.81. The Morgan fingerprint density at radius 2 is 2.00 bits per heavy atom. The highest BCUT2D eigenvalue weighted by Gasteiger charge is 2.46. The van der Waals surface area contributed by atoms with Crippen LogP contribution in [0, 0.1) is 11.8 Å². The fourth-order valence-corrected chi connectivity index (χ4v) is 3.81. The van der Waals surface area contributed by atoms with E-state index < -0.39 is 0 Å². The van der Waals surface area contributed by atoms with Gasteiger partial charge in [0.05, 0.1) is 18.0 Å². The van der Waals surface area contributed by atoms with Gasteiger partial charge < -0.3 is 14.9 Å². The number of fused-ring (bicyclic) bond motifs is 1. The predicted octanol–water partition coefficient (Wildman–Crippen LogP) is 4.34. The Morgan fingerprint density at radius 1 is 1.22 bits per heavy atom. The number of allylic oxidation sites excluding steroid dienone is 2. The average molecular weight is 322 g/mol. The minimum absolute atomic E-state index is 0.123. The fraction of sp³-hybridized carbons (Fsp3) is 0.800. The SMILES string of the molecule is CCCCC=C1CC2C(CC(O)C2C=CC(O)CCCCC)O1. The summed E-state index contributed by atoms with van der Waals surface area (Å²) in [5.41, 5.74) is 0. The molecule has 1 heterocycles. The van der Waals surface area contributed by atoms with Crippen LogP contribution in [0.15, 0.2) is 24.0 Å². The number of aliphatic hydroxyl groups is 2. The highest BCUT2D eigenvalue weighted by molar-refractivity contribution is 5.13. The molecular formula is C20H34O3. The molecule has 0 spiro atoms. The molecule has 2 fully saturated rings. The van der Waals surface area contributed by atoms with E-state index in [1.54, 1.807) is 0 Å². The van der Waals surface area contributed by atoms with Gasteiger partial charge >= 0.3 is 0 Å². The Hall–Kier alpha value is -0.800. The van der Waals surface area contributed by atoms with Gasteiger partial charge in [0.1, 0.15) is 6.10 Å². The van der Waals surface area contributed by atoms with E-state index in [9.17, 15) is 10.2 Å². The van der Waals surface area contributed by atoms with Crippen LogP contribution < -0.4 is 0 Å². The van der Waals surface area contributed by atoms with E-state index in [0.717, 1.165) is 37.9 Å². The van der Waals surface area contributed by atoms with Crippen LogP contribution in [-0.4, -0.2) is 28.5 Å². The van der Waals surface area contributed by atoms with Crippen LogP contribution in [0.1, 0.15) is 71.6 Å². The molecule has 3 nitrogen and oxygen atoms in total. The summed E-state index contributed by atoms with van der Waals surface area (Å²) in [6, 6.07) is 0. The average Bonchev–Trinajstić information content (AvgIpc) is 3.02. The van der Waals surface area contributed by atoms with Gasteiger partial charge in [-0.15, -0.1) is 0 Å². The van der Waals surface area contributed by atoms with Gasteiger partial charge in [-0.2, -0.15) is 0 Å². The van der Waals surface area contributed by atoms with E-state index in [2.05, 4.69) is 19.9 Å². The van der Waals surface area contributed by atoms with Gasteiger partial charge in [-0.25, -0.2) is 0 Å². The zero-order valence-electron chi connectivity index (χ0n) is 14.8. The topological polar surface area (TPSA) is 49.7 Å². The van der Waals surface area contributed by atoms with E-state index in [1.807, 2.05) is 12.2 Å². The van der Waals surface area contributed by atoms with Crippen LogP contribution in [0.3, 0.4) is 0 Å². The third-order valence-corrected chi connectivity index (χ3v) is 5.22. The monoisotopic (exact) mass is 322 g/mol. The lowest BCUT2D eigenvalue weighted by Gasteiger charge is -2.16. The van der Waals surface area contributed by atoms with Crippen molar-refractivity contribution in [2.24, 2.45) is 11.8 Å². The summed E-state index contributed by atoms with van der Waals surface area (Å²) < 4.78 is 6.02. The van der Waals surface area contributed by atoms with Gasteiger partial charge in [0, 0.05) is 24.7 Å². The molecule has 5 unspecified atom stereocenters. The number of hydrogen-bond donors (Lipinski definition) is 2. The lowest BCUT2D eigenvalue weighted by atomic mass is 9.90. The largest absolute Gasteiger partial charge is 0.495 e. The van der Waals surface area contributed by atoms with Crippen molar-refractivity contribution in [3.05, 3.63) is 24.0 Å². The van der Waals surface area contributed by atoms with Gasteiger partial charge in [-0.3, -0.25) is 0 Å². The molecule has 5 atom stereocenters. The molecule has 2 N–H and O–H groups in total. The molecule has 0 amide bonds. The molecule has 0 radical (unpaired) electrons. The normalized spacial score (nSPS) is 33.3. The second-order valence-electron chi connectivity index (χ2n) is 7.17. The van der Waals surface area contributed by atoms with Crippen LogP contribution in [0.2, 0.25) is 0 Å². The molecule has 132 valence electrons. The van der Waals surface area contributed by atoms with E-state index in [1.165, 1.54) is 25.7 Å². The molecule has 0 aromatic heterocycles. The molecule has 0 aromatic carbocycles. The summed E-state index contributed by atoms with van der Waals surface area (Å²) in [4.78, 5) is 0. The first-order valence-electron chi connectivity index (χ1n) is 9.55. The van der Waals surface area contributed by atoms with Gasteiger partial charge in [0.25, 0.3) is 0 Å². The highest BCUT2D eigenvalue weighted by atomic mass is 16.5. The Bertz CT molecular complexity index is 402. The Morgan fingerprint density at radius 3 is 2.74 bits per heavy atom. The maximum absolute atomic E-state index is 10.3. The molecule has 1 aliphatic carbocycles. The van der Waals surface area contributed by atoms with E-state index >= 15 is 0 Å². The molecule has 23 heavy (non-hydrogen) atoms. The van der Waals surface area contributed by atoms with E-state index in [0.29, 0.717) is 5.92 Å². The number of unbranched alkanes of at least 4 members (excludes halogenated alkanes) is 4. The molecule has 1 aliphatic heterocycles. The second kappa shape index (κ2) is 9.48. The van der Waals surface area contributed by atoms with Crippen LogP contribution >= 0.6 is 0 Å². The highest BCUT2D eigenvalue weighted by Crippen LogP contribution is 2.45. The van der Waals surface area contributed by atoms with Crippen LogP contribution in [0.5, 0.6) is 0 Å². The third kappa shape index (κ3) is 5.36. The third-order valence-electron chi connectivity index (χ3n) is 5.22. The van der Waals surface area contributed by atoms with Gasteiger partial charge in [-0.05, 0) is 25.3 Å². The molecule has 1 saturated carbocycles. The van der Waals surface area contributed by atoms with Crippen molar-refractivity contribution in [1.29, 1.82) is 0 Å². The van der Waals surface area contributed by atoms with E-state index in [4.69, 9.17) is 4.74 Å². The van der Waals surface area contributed by atoms with Crippen LogP contribution in [0.25, 0.3) is 0 Å². The Labute approximate surface area is 141 Å². The summed E-state index contributed by atoms with van der Waals surface area (Å²) in [6.45, 7) is 4.37. The van der Waals surface area contributed by atoms with Gasteiger partial charge in [0.15, 0.2) is 0 Å². The summed E-state index contributed by atoms with van der Waals surface area (Å²) in [5.74, 6) is 1.61. The quantitative estimate of drug-likeness (QED) is 0.490. The molecule has 0 aromatic rings. The van der Waals surface area contributed by atoms with Crippen LogP contribution in [-0.2, 0) is 4.74 Å². The number of ether oxygens (including phenoxy) is 1. The number of hydrogen-bond acceptors (Lipinski definition) is 3. The summed E-state index contributed by atoms with van der Waals surface area (Å²) >= 11 is 0. The Balaban J connectivity index is 1.85. The van der Waals surface area contributed by atoms with Crippen molar-refractivity contribution in [3.63, 3.8) is 0 Å². The molecule has 2 rings (SSSR count). The predicted molar refractivity (Wildman–Crippen MR) is 94.0 cm³/mol. The summed E-state index contributed by atoms with van der Waals surface area (Å²) in [6.07, 6.45) is 15.0. The van der Waals surface area contributed by atoms with Crippen molar-refractivity contribution in [2.45, 2.75) is 89.9 Å². The zero-order valence-corrected chi connectivity index (χ0v) is 14.8. The summed E-state index contributed by atoms with van der Waals surface area (Å²) in [5, 5.41) is 20.3. The molecular weight excluding hydrogens is 288 g/mol. The first kappa shape index (κ1) is 18.5. The first-order valence-corrected chi connectivity index (χ1v) is 9.55. The van der Waals surface area contributed by atoms with E-state index in [-0.39, 0.29) is 24.2 Å². The number of rotatable bonds is 9. The minimum atomic E-state index is -0.380. The standard InChI is InChI=1S/C20H34O3/c1-3-5-7-9-15(21)11-12-17-18-13-16(10-8-6-4-2)23-20(18)14-19(17)22/h10-12,15,17-22H,3-9,13-14H2,1-2H3. The number of aliphatic hydroxyl groups excluding tert-OH is 2. The second-order valence-corrected chi connectivity index (χ2v) is 7.17. The Kier molecular flexibility index (Phi) is 7.64. The molecule has 0 bridgehead atoms. The van der Waals surface area contributed by atoms with Gasteiger partial charge in [-0.1, -0.05) is 51.7 Å². The van der Waals surface area contributed by atoms with Crippen molar-refractivity contribution >= 4 is 0 Å². The lowest BCUT2D eigenvalue weighted by Crippen LogP contribution is -2.18. The smallest absolute Gasteiger partial charge is 0.105 e. The summed E-state index contributed by atoms with van der Waals surface area (Å²) in [7, 11) is 0. The minimum Gasteiger partial charge on any atom is -0.495 e. The molecule has 1 saturated heterocycles. The van der Waals surface area contributed by atoms with Crippen molar-refractivity contribution in [1.82, 2.24) is 0 Å². The van der Waals surface area contributed by atoms with Crippen molar-refractivity contribution in [3.8, 4) is 0 Å². The van der Waals surface area contributed by atoms with Crippen molar-refractivity contribution in [2.75, 3.05) is 0 Å². The van der Waals surface area contributed by atoms with Gasteiger partial charge in [0.2, 0.25) is 0 Å². The first-order chi connectivity index (χ1) is 11.2. The lowest BCUT2D eigenvalue weighted by molar-refractivity contribution is 0.111. The zero-order chi connectivity index (χ0) is 16.7. The molecule has 3 heteroatoms. The molecule has 2 aliphatic rings.